The molecule has 3 atom stereocenters. The minimum atomic E-state index is -0.365. The van der Waals surface area contributed by atoms with Gasteiger partial charge in [0.25, 0.3) is 0 Å². The number of hydrogen-bond acceptors (Lipinski definition) is 4. The number of oxime groups is 1. The van der Waals surface area contributed by atoms with Gasteiger partial charge in [0, 0.05) is 5.92 Å². The second-order valence-corrected chi connectivity index (χ2v) is 6.86. The highest BCUT2D eigenvalue weighted by Gasteiger charge is 2.39. The molecule has 3 unspecified atom stereocenters. The van der Waals surface area contributed by atoms with Gasteiger partial charge in [-0.3, -0.25) is 0 Å². The van der Waals surface area contributed by atoms with E-state index in [2.05, 4.69) is 38.9 Å². The van der Waals surface area contributed by atoms with Gasteiger partial charge in [0.15, 0.2) is 0 Å². The van der Waals surface area contributed by atoms with Crippen LogP contribution < -0.4 is 0 Å². The SMILES string of the molecule is CCON=C(CC)C1OCC2c3c(cc(C)c(C)c3C)CCC2O1. The lowest BCUT2D eigenvalue weighted by Crippen LogP contribution is -2.44. The van der Waals surface area contributed by atoms with Crippen LogP contribution in [0.4, 0.5) is 0 Å². The van der Waals surface area contributed by atoms with E-state index in [9.17, 15) is 0 Å². The van der Waals surface area contributed by atoms with Crippen LogP contribution in [0.15, 0.2) is 11.2 Å². The normalized spacial score (nSPS) is 26.7. The van der Waals surface area contributed by atoms with Crippen molar-refractivity contribution in [2.45, 2.75) is 72.2 Å². The van der Waals surface area contributed by atoms with E-state index >= 15 is 0 Å². The predicted octanol–water partition coefficient (Wildman–Crippen LogP) is 4.19. The van der Waals surface area contributed by atoms with Crippen molar-refractivity contribution in [2.75, 3.05) is 13.2 Å². The Hall–Kier alpha value is -1.39. The van der Waals surface area contributed by atoms with E-state index in [-0.39, 0.29) is 12.4 Å². The average Bonchev–Trinajstić information content (AvgIpc) is 2.59. The zero-order valence-corrected chi connectivity index (χ0v) is 15.5. The molecule has 1 aliphatic carbocycles. The third-order valence-corrected chi connectivity index (χ3v) is 5.48. The van der Waals surface area contributed by atoms with Gasteiger partial charge >= 0.3 is 0 Å². The molecule has 0 radical (unpaired) electrons. The van der Waals surface area contributed by atoms with Crippen LogP contribution in [0.25, 0.3) is 0 Å². The van der Waals surface area contributed by atoms with Crippen LogP contribution in [0, 0.1) is 20.8 Å². The maximum absolute atomic E-state index is 6.29. The molecule has 1 aromatic carbocycles. The summed E-state index contributed by atoms with van der Waals surface area (Å²) < 4.78 is 12.3. The van der Waals surface area contributed by atoms with E-state index in [1.807, 2.05) is 6.92 Å². The molecule has 4 heteroatoms. The van der Waals surface area contributed by atoms with Crippen LogP contribution in [0.2, 0.25) is 0 Å². The van der Waals surface area contributed by atoms with Crippen LogP contribution in [0.1, 0.15) is 60.4 Å². The maximum atomic E-state index is 6.29. The standard InChI is InChI=1S/C20H29NO3/c1-6-17(21-23-7-2)20-22-11-16-18(24-20)9-8-15-10-12(3)13(4)14(5)19(15)16/h10,16,18,20H,6-9,11H2,1-5H3. The Labute approximate surface area is 145 Å². The Morgan fingerprint density at radius 3 is 2.75 bits per heavy atom. The molecular weight excluding hydrogens is 302 g/mol. The summed E-state index contributed by atoms with van der Waals surface area (Å²) in [6, 6.07) is 2.36. The molecule has 3 rings (SSSR count). The van der Waals surface area contributed by atoms with Crippen molar-refractivity contribution in [2.24, 2.45) is 5.16 Å². The Bertz CT molecular complexity index is 638. The second kappa shape index (κ2) is 7.24. The van der Waals surface area contributed by atoms with Crippen molar-refractivity contribution in [3.63, 3.8) is 0 Å². The summed E-state index contributed by atoms with van der Waals surface area (Å²) in [4.78, 5) is 5.21. The lowest BCUT2D eigenvalue weighted by molar-refractivity contribution is -0.191. The molecule has 1 saturated heterocycles. The van der Waals surface area contributed by atoms with Crippen molar-refractivity contribution in [3.8, 4) is 0 Å². The van der Waals surface area contributed by atoms with Gasteiger partial charge in [-0.05, 0) is 74.8 Å². The van der Waals surface area contributed by atoms with Crippen LogP contribution in [0.5, 0.6) is 0 Å². The van der Waals surface area contributed by atoms with Gasteiger partial charge in [-0.25, -0.2) is 0 Å². The molecular formula is C20H29NO3. The summed E-state index contributed by atoms with van der Waals surface area (Å²) in [5.41, 5.74) is 7.96. The smallest absolute Gasteiger partial charge is 0.200 e. The van der Waals surface area contributed by atoms with E-state index in [1.165, 1.54) is 27.8 Å². The molecule has 1 heterocycles. The Balaban J connectivity index is 1.84. The highest BCUT2D eigenvalue weighted by Crippen LogP contribution is 2.41. The first kappa shape index (κ1) is 17.4. The molecule has 24 heavy (non-hydrogen) atoms. The summed E-state index contributed by atoms with van der Waals surface area (Å²) in [6.45, 7) is 11.9. The van der Waals surface area contributed by atoms with Gasteiger partial charge < -0.3 is 14.3 Å². The van der Waals surface area contributed by atoms with Gasteiger partial charge in [-0.15, -0.1) is 0 Å². The minimum Gasteiger partial charge on any atom is -0.396 e. The number of ether oxygens (including phenoxy) is 2. The van der Waals surface area contributed by atoms with Gasteiger partial charge in [-0.2, -0.15) is 0 Å². The number of hydrogen-bond donors (Lipinski definition) is 0. The van der Waals surface area contributed by atoms with Crippen LogP contribution >= 0.6 is 0 Å². The first-order valence-corrected chi connectivity index (χ1v) is 9.12. The number of rotatable bonds is 4. The summed E-state index contributed by atoms with van der Waals surface area (Å²) in [5.74, 6) is 0.328. The average molecular weight is 331 g/mol. The van der Waals surface area contributed by atoms with Crippen molar-refractivity contribution in [1.29, 1.82) is 0 Å². The van der Waals surface area contributed by atoms with Gasteiger partial charge in [-0.1, -0.05) is 18.1 Å². The summed E-state index contributed by atoms with van der Waals surface area (Å²) >= 11 is 0. The van der Waals surface area contributed by atoms with Crippen molar-refractivity contribution in [3.05, 3.63) is 33.9 Å². The largest absolute Gasteiger partial charge is 0.396 e. The van der Waals surface area contributed by atoms with Crippen LogP contribution in [0.3, 0.4) is 0 Å². The van der Waals surface area contributed by atoms with Gasteiger partial charge in [0.05, 0.1) is 12.7 Å². The highest BCUT2D eigenvalue weighted by molar-refractivity contribution is 5.87. The summed E-state index contributed by atoms with van der Waals surface area (Å²) in [7, 11) is 0. The predicted molar refractivity (Wildman–Crippen MR) is 95.7 cm³/mol. The molecule has 0 bridgehead atoms. The van der Waals surface area contributed by atoms with Gasteiger partial charge in [0.1, 0.15) is 12.3 Å². The summed E-state index contributed by atoms with van der Waals surface area (Å²) in [6.07, 6.45) is 2.74. The van der Waals surface area contributed by atoms with Crippen molar-refractivity contribution >= 4 is 5.71 Å². The molecule has 132 valence electrons. The van der Waals surface area contributed by atoms with E-state index < -0.39 is 0 Å². The molecule has 1 aliphatic heterocycles. The molecule has 2 aliphatic rings. The molecule has 4 nitrogen and oxygen atoms in total. The zero-order chi connectivity index (χ0) is 17.3. The summed E-state index contributed by atoms with van der Waals surface area (Å²) in [5, 5.41) is 4.18. The number of aryl methyl sites for hydroxylation is 2. The quantitative estimate of drug-likeness (QED) is 0.613. The van der Waals surface area contributed by atoms with E-state index in [1.54, 1.807) is 0 Å². The van der Waals surface area contributed by atoms with E-state index in [4.69, 9.17) is 14.3 Å². The monoisotopic (exact) mass is 331 g/mol. The van der Waals surface area contributed by atoms with E-state index in [0.29, 0.717) is 19.1 Å². The maximum Gasteiger partial charge on any atom is 0.200 e. The number of benzene rings is 1. The van der Waals surface area contributed by atoms with Crippen molar-refractivity contribution < 1.29 is 14.3 Å². The topological polar surface area (TPSA) is 40.0 Å². The minimum absolute atomic E-state index is 0.204. The Morgan fingerprint density at radius 1 is 1.25 bits per heavy atom. The zero-order valence-electron chi connectivity index (χ0n) is 15.5. The number of fused-ring (bicyclic) bond motifs is 3. The molecule has 0 amide bonds. The lowest BCUT2D eigenvalue weighted by atomic mass is 9.76. The molecule has 0 spiro atoms. The second-order valence-electron chi connectivity index (χ2n) is 6.86. The van der Waals surface area contributed by atoms with Gasteiger partial charge in [0.2, 0.25) is 6.29 Å². The van der Waals surface area contributed by atoms with E-state index in [0.717, 1.165) is 25.0 Å². The van der Waals surface area contributed by atoms with Crippen molar-refractivity contribution in [1.82, 2.24) is 0 Å². The Morgan fingerprint density at radius 2 is 2.04 bits per heavy atom. The fourth-order valence-corrected chi connectivity index (χ4v) is 3.93. The highest BCUT2D eigenvalue weighted by atomic mass is 16.7. The molecule has 0 aromatic heterocycles. The first-order chi connectivity index (χ1) is 11.6. The fourth-order valence-electron chi connectivity index (χ4n) is 3.93. The first-order valence-electron chi connectivity index (χ1n) is 9.12. The third kappa shape index (κ3) is 3.09. The third-order valence-electron chi connectivity index (χ3n) is 5.48. The lowest BCUT2D eigenvalue weighted by Gasteiger charge is -2.41. The van der Waals surface area contributed by atoms with Crippen LogP contribution in [-0.2, 0) is 20.7 Å². The van der Waals surface area contributed by atoms with Crippen LogP contribution in [-0.4, -0.2) is 31.3 Å². The fraction of sp³-hybridized carbons (Fsp3) is 0.650. The molecule has 0 saturated carbocycles. The molecule has 1 aromatic rings. The molecule has 0 N–H and O–H groups in total. The Kier molecular flexibility index (Phi) is 5.26. The number of nitrogens with zero attached hydrogens (tertiary/aromatic N) is 1. The molecule has 1 fully saturated rings.